The minimum absolute atomic E-state index is 0.144. The molecule has 1 aromatic rings. The normalized spacial score (nSPS) is 17.6. The van der Waals surface area contributed by atoms with E-state index in [1.54, 1.807) is 20.0 Å². The molecular weight excluding hydrogens is 250 g/mol. The van der Waals surface area contributed by atoms with Crippen LogP contribution in [0.5, 0.6) is 0 Å². The second kappa shape index (κ2) is 4.91. The van der Waals surface area contributed by atoms with Crippen LogP contribution in [-0.2, 0) is 4.79 Å². The Balaban J connectivity index is 1.80. The molecule has 0 spiro atoms. The second-order valence-corrected chi connectivity index (χ2v) is 4.94. The molecule has 1 aliphatic carbocycles. The summed E-state index contributed by atoms with van der Waals surface area (Å²) in [6.45, 7) is 3.66. The summed E-state index contributed by atoms with van der Waals surface area (Å²) in [6, 6.07) is -0.787. The van der Waals surface area contributed by atoms with Crippen LogP contribution in [0.15, 0.2) is 10.6 Å². The van der Waals surface area contributed by atoms with Gasteiger partial charge in [0.25, 0.3) is 0 Å². The molecule has 0 bridgehead atoms. The van der Waals surface area contributed by atoms with E-state index in [-0.39, 0.29) is 12.6 Å². The minimum atomic E-state index is -0.857. The lowest BCUT2D eigenvalue weighted by atomic mass is 10.1. The van der Waals surface area contributed by atoms with Crippen molar-refractivity contribution in [2.45, 2.75) is 32.7 Å². The van der Waals surface area contributed by atoms with Crippen molar-refractivity contribution in [3.05, 3.63) is 17.8 Å². The van der Waals surface area contributed by atoms with Crippen LogP contribution in [0.1, 0.15) is 37.5 Å². The van der Waals surface area contributed by atoms with E-state index in [2.05, 4.69) is 15.6 Å². The fourth-order valence-corrected chi connectivity index (χ4v) is 1.75. The number of carbonyl (C=O) groups excluding carboxylic acids is 1. The topological polar surface area (TPSA) is 104 Å². The molecule has 1 aliphatic rings. The number of carboxylic acid groups (broad SMARTS) is 1. The lowest BCUT2D eigenvalue weighted by Gasteiger charge is -2.14. The lowest BCUT2D eigenvalue weighted by molar-refractivity contribution is -0.143. The zero-order valence-electron chi connectivity index (χ0n) is 10.9. The van der Waals surface area contributed by atoms with Crippen LogP contribution in [0.4, 0.5) is 4.79 Å². The van der Waals surface area contributed by atoms with Crippen molar-refractivity contribution in [2.24, 2.45) is 5.41 Å². The fourth-order valence-electron chi connectivity index (χ4n) is 1.75. The first-order valence-electron chi connectivity index (χ1n) is 6.13. The number of amides is 2. The number of nitrogens with zero attached hydrogens (tertiary/aromatic N) is 1. The SMILES string of the molecule is Cc1cnc(C(C)NC(=O)NCC2(C(=O)O)CC2)o1. The molecule has 0 aliphatic heterocycles. The van der Waals surface area contributed by atoms with Gasteiger partial charge in [-0.1, -0.05) is 0 Å². The molecule has 1 aromatic heterocycles. The van der Waals surface area contributed by atoms with Gasteiger partial charge in [0.1, 0.15) is 11.8 Å². The van der Waals surface area contributed by atoms with Gasteiger partial charge < -0.3 is 20.2 Å². The van der Waals surface area contributed by atoms with E-state index in [4.69, 9.17) is 9.52 Å². The molecule has 3 N–H and O–H groups in total. The molecule has 2 rings (SSSR count). The molecule has 7 nitrogen and oxygen atoms in total. The first-order valence-corrected chi connectivity index (χ1v) is 6.13. The second-order valence-electron chi connectivity index (χ2n) is 4.94. The molecule has 1 fully saturated rings. The number of hydrogen-bond acceptors (Lipinski definition) is 4. The quantitative estimate of drug-likeness (QED) is 0.743. The Labute approximate surface area is 110 Å². The number of aromatic nitrogens is 1. The van der Waals surface area contributed by atoms with E-state index in [1.165, 1.54) is 0 Å². The highest BCUT2D eigenvalue weighted by Gasteiger charge is 2.50. The summed E-state index contributed by atoms with van der Waals surface area (Å²) in [4.78, 5) is 26.6. The Kier molecular flexibility index (Phi) is 3.46. The summed E-state index contributed by atoms with van der Waals surface area (Å²) in [5, 5.41) is 14.2. The first kappa shape index (κ1) is 13.4. The van der Waals surface area contributed by atoms with E-state index in [0.717, 1.165) is 0 Å². The maximum atomic E-state index is 11.6. The van der Waals surface area contributed by atoms with Crippen LogP contribution >= 0.6 is 0 Å². The summed E-state index contributed by atoms with van der Waals surface area (Å²) < 4.78 is 5.29. The molecule has 1 saturated carbocycles. The number of aryl methyl sites for hydroxylation is 1. The van der Waals surface area contributed by atoms with Crippen LogP contribution < -0.4 is 10.6 Å². The van der Waals surface area contributed by atoms with Crippen molar-refractivity contribution in [1.29, 1.82) is 0 Å². The maximum absolute atomic E-state index is 11.6. The number of carbonyl (C=O) groups is 2. The molecule has 1 atom stereocenters. The molecule has 19 heavy (non-hydrogen) atoms. The van der Waals surface area contributed by atoms with Gasteiger partial charge in [-0.2, -0.15) is 0 Å². The average molecular weight is 267 g/mol. The molecule has 104 valence electrons. The highest BCUT2D eigenvalue weighted by molar-refractivity contribution is 5.80. The molecule has 7 heteroatoms. The zero-order valence-corrected chi connectivity index (χ0v) is 10.9. The number of urea groups is 1. The van der Waals surface area contributed by atoms with Crippen molar-refractivity contribution in [1.82, 2.24) is 15.6 Å². The van der Waals surface area contributed by atoms with Gasteiger partial charge in [-0.3, -0.25) is 4.79 Å². The first-order chi connectivity index (χ1) is 8.93. The Morgan fingerprint density at radius 1 is 1.58 bits per heavy atom. The van der Waals surface area contributed by atoms with E-state index in [1.807, 2.05) is 0 Å². The van der Waals surface area contributed by atoms with Gasteiger partial charge in [-0.05, 0) is 26.7 Å². The van der Waals surface area contributed by atoms with E-state index in [0.29, 0.717) is 24.5 Å². The van der Waals surface area contributed by atoms with Crippen molar-refractivity contribution in [3.63, 3.8) is 0 Å². The van der Waals surface area contributed by atoms with E-state index in [9.17, 15) is 9.59 Å². The smallest absolute Gasteiger partial charge is 0.315 e. The van der Waals surface area contributed by atoms with Crippen molar-refractivity contribution < 1.29 is 19.1 Å². The highest BCUT2D eigenvalue weighted by Crippen LogP contribution is 2.45. The predicted octanol–water partition coefficient (Wildman–Crippen LogP) is 1.21. The number of nitrogens with one attached hydrogen (secondary N) is 2. The Bertz CT molecular complexity index is 493. The van der Waals surface area contributed by atoms with Gasteiger partial charge in [-0.15, -0.1) is 0 Å². The highest BCUT2D eigenvalue weighted by atomic mass is 16.4. The van der Waals surface area contributed by atoms with Crippen LogP contribution in [0.25, 0.3) is 0 Å². The van der Waals surface area contributed by atoms with E-state index < -0.39 is 17.4 Å². The summed E-state index contributed by atoms with van der Waals surface area (Å²) in [5.74, 6) is 0.239. The molecule has 1 unspecified atom stereocenters. The van der Waals surface area contributed by atoms with Gasteiger partial charge in [-0.25, -0.2) is 9.78 Å². The Morgan fingerprint density at radius 2 is 2.26 bits per heavy atom. The van der Waals surface area contributed by atoms with Crippen molar-refractivity contribution in [3.8, 4) is 0 Å². The monoisotopic (exact) mass is 267 g/mol. The molecular formula is C12H17N3O4. The number of oxazole rings is 1. The third-order valence-corrected chi connectivity index (χ3v) is 3.25. The predicted molar refractivity (Wildman–Crippen MR) is 65.5 cm³/mol. The van der Waals surface area contributed by atoms with Gasteiger partial charge >= 0.3 is 12.0 Å². The van der Waals surface area contributed by atoms with Crippen molar-refractivity contribution in [2.75, 3.05) is 6.54 Å². The summed E-state index contributed by atoms with van der Waals surface area (Å²) >= 11 is 0. The lowest BCUT2D eigenvalue weighted by Crippen LogP contribution is -2.41. The van der Waals surface area contributed by atoms with Crippen LogP contribution in [0.3, 0.4) is 0 Å². The standard InChI is InChI=1S/C12H17N3O4/c1-7-5-13-9(19-7)8(2)15-11(18)14-6-12(3-4-12)10(16)17/h5,8H,3-4,6H2,1-2H3,(H,16,17)(H2,14,15,18). The maximum Gasteiger partial charge on any atom is 0.315 e. The third kappa shape index (κ3) is 3.04. The van der Waals surface area contributed by atoms with E-state index >= 15 is 0 Å². The number of carboxylic acids is 1. The Morgan fingerprint density at radius 3 is 2.74 bits per heavy atom. The third-order valence-electron chi connectivity index (χ3n) is 3.25. The molecule has 0 radical (unpaired) electrons. The van der Waals surface area contributed by atoms with Gasteiger partial charge in [0, 0.05) is 6.54 Å². The van der Waals surface area contributed by atoms with Crippen LogP contribution in [-0.4, -0.2) is 28.6 Å². The van der Waals surface area contributed by atoms with Gasteiger partial charge in [0.05, 0.1) is 11.6 Å². The largest absolute Gasteiger partial charge is 0.481 e. The minimum Gasteiger partial charge on any atom is -0.481 e. The summed E-state index contributed by atoms with van der Waals surface area (Å²) in [5.41, 5.74) is -0.764. The van der Waals surface area contributed by atoms with Crippen molar-refractivity contribution >= 4 is 12.0 Å². The zero-order chi connectivity index (χ0) is 14.0. The number of rotatable bonds is 5. The average Bonchev–Trinajstić information content (AvgIpc) is 3.02. The fraction of sp³-hybridized carbons (Fsp3) is 0.583. The number of hydrogen-bond donors (Lipinski definition) is 3. The summed E-state index contributed by atoms with van der Waals surface area (Å²) in [6.07, 6.45) is 2.79. The van der Waals surface area contributed by atoms with Crippen LogP contribution in [0, 0.1) is 12.3 Å². The molecule has 1 heterocycles. The summed E-state index contributed by atoms with van der Waals surface area (Å²) in [7, 11) is 0. The molecule has 2 amide bonds. The van der Waals surface area contributed by atoms with Gasteiger partial charge in [0.2, 0.25) is 5.89 Å². The molecule has 0 saturated heterocycles. The Hall–Kier alpha value is -2.05. The number of aliphatic carboxylic acids is 1. The van der Waals surface area contributed by atoms with Gasteiger partial charge in [0.15, 0.2) is 0 Å². The molecule has 0 aromatic carbocycles. The van der Waals surface area contributed by atoms with Crippen LogP contribution in [0.2, 0.25) is 0 Å².